The largest absolute Gasteiger partial charge is 0.480 e. The van der Waals surface area contributed by atoms with Crippen LogP contribution in [0.3, 0.4) is 0 Å². The summed E-state index contributed by atoms with van der Waals surface area (Å²) in [5.74, 6) is -1.12. The number of carboxylic acid groups (broad SMARTS) is 1. The molecule has 9 heteroatoms. The van der Waals surface area contributed by atoms with Crippen LogP contribution >= 0.6 is 15.9 Å². The summed E-state index contributed by atoms with van der Waals surface area (Å²) in [5.41, 5.74) is 0.818. The van der Waals surface area contributed by atoms with Crippen LogP contribution in [-0.2, 0) is 14.8 Å². The van der Waals surface area contributed by atoms with E-state index in [1.807, 2.05) is 4.90 Å². The van der Waals surface area contributed by atoms with Gasteiger partial charge in [-0.25, -0.2) is 8.42 Å². The fourth-order valence-corrected chi connectivity index (χ4v) is 5.33. The Labute approximate surface area is 142 Å². The number of aliphatic hydroxyl groups is 1. The van der Waals surface area contributed by atoms with Crippen LogP contribution in [0.25, 0.3) is 0 Å². The van der Waals surface area contributed by atoms with Gasteiger partial charge in [-0.1, -0.05) is 0 Å². The van der Waals surface area contributed by atoms with Crippen LogP contribution in [0.5, 0.6) is 0 Å². The molecule has 2 fully saturated rings. The van der Waals surface area contributed by atoms with E-state index >= 15 is 0 Å². The van der Waals surface area contributed by atoms with Crippen molar-refractivity contribution in [2.45, 2.75) is 29.9 Å². The third-order valence-corrected chi connectivity index (χ3v) is 6.82. The van der Waals surface area contributed by atoms with Crippen LogP contribution in [0.15, 0.2) is 27.6 Å². The zero-order chi connectivity index (χ0) is 16.8. The van der Waals surface area contributed by atoms with Gasteiger partial charge in [0.2, 0.25) is 10.0 Å². The molecule has 3 rings (SSSR count). The van der Waals surface area contributed by atoms with Gasteiger partial charge < -0.3 is 15.1 Å². The molecule has 1 aromatic rings. The summed E-state index contributed by atoms with van der Waals surface area (Å²) in [6.45, 7) is 1.44. The van der Waals surface area contributed by atoms with Gasteiger partial charge in [0.05, 0.1) is 16.7 Å². The fourth-order valence-electron chi connectivity index (χ4n) is 2.90. The summed E-state index contributed by atoms with van der Waals surface area (Å²) < 4.78 is 26.7. The van der Waals surface area contributed by atoms with Crippen LogP contribution in [0, 0.1) is 0 Å². The molecule has 0 saturated carbocycles. The van der Waals surface area contributed by atoms with Crippen LogP contribution < -0.4 is 4.90 Å². The average Bonchev–Trinajstić information content (AvgIpc) is 2.82. The van der Waals surface area contributed by atoms with Gasteiger partial charge in [-0.3, -0.25) is 4.79 Å². The number of rotatable bonds is 4. The number of aliphatic hydroxyl groups excluding tert-OH is 1. The van der Waals surface area contributed by atoms with E-state index in [9.17, 15) is 18.3 Å². The minimum Gasteiger partial charge on any atom is -0.480 e. The van der Waals surface area contributed by atoms with Crippen molar-refractivity contribution in [3.8, 4) is 0 Å². The first-order valence-corrected chi connectivity index (χ1v) is 9.51. The molecule has 2 N–H and O–H groups in total. The summed E-state index contributed by atoms with van der Waals surface area (Å²) in [7, 11) is -3.82. The Morgan fingerprint density at radius 1 is 1.26 bits per heavy atom. The standard InChI is InChI=1S/C14H17BrN2O5S/c15-11-7-10(1-2-12(11)16-5-3-9(18)8-16)23(21,22)17-6-4-13(17)14(19)20/h1-2,7,9,13,18H,3-6,8H2,(H,19,20)/t9-,13-/m0/s1. The van der Waals surface area contributed by atoms with Gasteiger partial charge in [0.25, 0.3) is 0 Å². The number of anilines is 1. The molecule has 2 saturated heterocycles. The van der Waals surface area contributed by atoms with E-state index in [1.165, 1.54) is 12.1 Å². The summed E-state index contributed by atoms with van der Waals surface area (Å²) in [6, 6.07) is 3.68. The Bertz CT molecular complexity index is 739. The minimum atomic E-state index is -3.82. The van der Waals surface area contributed by atoms with Gasteiger partial charge >= 0.3 is 5.97 Å². The van der Waals surface area contributed by atoms with E-state index in [0.717, 1.165) is 9.99 Å². The summed E-state index contributed by atoms with van der Waals surface area (Å²) in [4.78, 5) is 13.1. The molecular formula is C14H17BrN2O5S. The van der Waals surface area contributed by atoms with Crippen molar-refractivity contribution < 1.29 is 23.4 Å². The lowest BCUT2D eigenvalue weighted by atomic mass is 10.1. The summed E-state index contributed by atoms with van der Waals surface area (Å²) in [6.07, 6.45) is 0.641. The maximum Gasteiger partial charge on any atom is 0.322 e. The maximum atomic E-state index is 12.6. The molecule has 2 aliphatic heterocycles. The molecule has 0 bridgehead atoms. The second kappa shape index (κ2) is 6.04. The molecule has 0 amide bonds. The van der Waals surface area contributed by atoms with Gasteiger partial charge in [-0.2, -0.15) is 4.31 Å². The number of hydrogen-bond donors (Lipinski definition) is 2. The number of aliphatic carboxylic acids is 1. The average molecular weight is 405 g/mol. The number of benzene rings is 1. The number of carbonyl (C=O) groups is 1. The molecular weight excluding hydrogens is 388 g/mol. The SMILES string of the molecule is O=C(O)[C@@H]1CCN1S(=O)(=O)c1ccc(N2CC[C@H](O)C2)c(Br)c1. The molecule has 1 aromatic carbocycles. The predicted octanol–water partition coefficient (Wildman–Crippen LogP) is 0.868. The molecule has 2 aliphatic rings. The monoisotopic (exact) mass is 404 g/mol. The van der Waals surface area contributed by atoms with Gasteiger partial charge in [-0.05, 0) is 47.0 Å². The van der Waals surface area contributed by atoms with Crippen LogP contribution in [0.1, 0.15) is 12.8 Å². The van der Waals surface area contributed by atoms with Crippen LogP contribution in [0.2, 0.25) is 0 Å². The highest BCUT2D eigenvalue weighted by Crippen LogP contribution is 2.34. The van der Waals surface area contributed by atoms with Gasteiger partial charge in [-0.15, -0.1) is 0 Å². The zero-order valence-corrected chi connectivity index (χ0v) is 14.6. The number of halogens is 1. The van der Waals surface area contributed by atoms with Gasteiger partial charge in [0.1, 0.15) is 6.04 Å². The first-order chi connectivity index (χ1) is 10.8. The molecule has 0 unspecified atom stereocenters. The second-order valence-electron chi connectivity index (χ2n) is 5.76. The molecule has 2 heterocycles. The van der Waals surface area contributed by atoms with Gasteiger partial charge in [0.15, 0.2) is 0 Å². The lowest BCUT2D eigenvalue weighted by Gasteiger charge is -2.36. The molecule has 23 heavy (non-hydrogen) atoms. The molecule has 126 valence electrons. The van der Waals surface area contributed by atoms with E-state index in [-0.39, 0.29) is 17.5 Å². The minimum absolute atomic E-state index is 0.0684. The molecule has 0 aliphatic carbocycles. The number of nitrogens with zero attached hydrogens (tertiary/aromatic N) is 2. The lowest BCUT2D eigenvalue weighted by molar-refractivity contribution is -0.144. The van der Waals surface area contributed by atoms with Crippen molar-refractivity contribution in [3.63, 3.8) is 0 Å². The van der Waals surface area contributed by atoms with Crippen molar-refractivity contribution in [1.82, 2.24) is 4.31 Å². The smallest absolute Gasteiger partial charge is 0.322 e. The highest BCUT2D eigenvalue weighted by Gasteiger charge is 2.43. The Morgan fingerprint density at radius 3 is 2.48 bits per heavy atom. The van der Waals surface area contributed by atoms with E-state index in [0.29, 0.717) is 30.4 Å². The van der Waals surface area contributed by atoms with E-state index < -0.39 is 22.0 Å². The van der Waals surface area contributed by atoms with Crippen molar-refractivity contribution >= 4 is 37.6 Å². The number of hydrogen-bond acceptors (Lipinski definition) is 5. The fraction of sp³-hybridized carbons (Fsp3) is 0.500. The third-order valence-electron chi connectivity index (χ3n) is 4.29. The van der Waals surface area contributed by atoms with Crippen molar-refractivity contribution in [2.24, 2.45) is 0 Å². The van der Waals surface area contributed by atoms with E-state index in [4.69, 9.17) is 5.11 Å². The molecule has 0 spiro atoms. The number of β-amino-alcohol motifs (C(OH)–C–C–N with tert-alkyl or cyclic N) is 1. The van der Waals surface area contributed by atoms with Crippen molar-refractivity contribution in [1.29, 1.82) is 0 Å². The Morgan fingerprint density at radius 2 is 2.00 bits per heavy atom. The lowest BCUT2D eigenvalue weighted by Crippen LogP contribution is -2.54. The van der Waals surface area contributed by atoms with Crippen LogP contribution in [-0.4, -0.2) is 60.7 Å². The van der Waals surface area contributed by atoms with E-state index in [1.54, 1.807) is 6.07 Å². The first kappa shape index (κ1) is 16.7. The maximum absolute atomic E-state index is 12.6. The normalized spacial score (nSPS) is 25.4. The van der Waals surface area contributed by atoms with E-state index in [2.05, 4.69) is 15.9 Å². The summed E-state index contributed by atoms with van der Waals surface area (Å²) >= 11 is 3.38. The number of carboxylic acids is 1. The molecule has 7 nitrogen and oxygen atoms in total. The quantitative estimate of drug-likeness (QED) is 0.772. The topological polar surface area (TPSA) is 98.2 Å². The highest BCUT2D eigenvalue weighted by atomic mass is 79.9. The molecule has 0 aromatic heterocycles. The van der Waals surface area contributed by atoms with Crippen molar-refractivity contribution in [2.75, 3.05) is 24.5 Å². The Hall–Kier alpha value is -1.16. The highest BCUT2D eigenvalue weighted by molar-refractivity contribution is 9.10. The van der Waals surface area contributed by atoms with Crippen LogP contribution in [0.4, 0.5) is 5.69 Å². The number of sulfonamides is 1. The Balaban J connectivity index is 1.86. The second-order valence-corrected chi connectivity index (χ2v) is 8.51. The zero-order valence-electron chi connectivity index (χ0n) is 12.2. The Kier molecular flexibility index (Phi) is 4.39. The predicted molar refractivity (Wildman–Crippen MR) is 86.9 cm³/mol. The first-order valence-electron chi connectivity index (χ1n) is 7.28. The van der Waals surface area contributed by atoms with Crippen molar-refractivity contribution in [3.05, 3.63) is 22.7 Å². The summed E-state index contributed by atoms with van der Waals surface area (Å²) in [5, 5.41) is 18.6. The molecule has 2 atom stereocenters. The third kappa shape index (κ3) is 2.98. The molecule has 0 radical (unpaired) electrons. The van der Waals surface area contributed by atoms with Gasteiger partial charge in [0, 0.05) is 24.1 Å².